The summed E-state index contributed by atoms with van der Waals surface area (Å²) in [6.07, 6.45) is 1.33. The van der Waals surface area contributed by atoms with E-state index in [-0.39, 0.29) is 5.56 Å². The van der Waals surface area contributed by atoms with Gasteiger partial charge in [0.25, 0.3) is 15.9 Å². The van der Waals surface area contributed by atoms with Gasteiger partial charge in [0.2, 0.25) is 0 Å². The van der Waals surface area contributed by atoms with Crippen molar-refractivity contribution in [3.05, 3.63) is 73.0 Å². The van der Waals surface area contributed by atoms with E-state index < -0.39 is 15.9 Å². The van der Waals surface area contributed by atoms with Gasteiger partial charge in [0.1, 0.15) is 0 Å². The second-order valence-electron chi connectivity index (χ2n) is 4.91. The Morgan fingerprint density at radius 3 is 2.46 bits per heavy atom. The van der Waals surface area contributed by atoms with E-state index in [9.17, 15) is 13.2 Å². The molecule has 2 aromatic carbocycles. The van der Waals surface area contributed by atoms with E-state index in [2.05, 4.69) is 15.9 Å². The van der Waals surface area contributed by atoms with Crippen molar-refractivity contribution in [2.24, 2.45) is 0 Å². The van der Waals surface area contributed by atoms with Crippen LogP contribution in [0.25, 0.3) is 6.08 Å². The van der Waals surface area contributed by atoms with Gasteiger partial charge < -0.3 is 0 Å². The van der Waals surface area contributed by atoms with Crippen molar-refractivity contribution in [3.8, 4) is 0 Å². The van der Waals surface area contributed by atoms with Crippen LogP contribution in [0.2, 0.25) is 10.0 Å². The minimum absolute atomic E-state index is 0.282. The van der Waals surface area contributed by atoms with Crippen LogP contribution in [0, 0.1) is 6.92 Å². The molecule has 0 atom stereocenters. The number of carbonyl (C=O) groups excluding carboxylic acids is 1. The molecule has 0 aliphatic rings. The second kappa shape index (κ2) is 7.70. The third kappa shape index (κ3) is 5.08. The molecule has 0 aliphatic heterocycles. The Morgan fingerprint density at radius 1 is 1.12 bits per heavy atom. The van der Waals surface area contributed by atoms with Gasteiger partial charge in [-0.2, -0.15) is 0 Å². The molecule has 1 N–H and O–H groups in total. The zero-order chi connectivity index (χ0) is 17.9. The van der Waals surface area contributed by atoms with Gasteiger partial charge in [0.05, 0.1) is 15.5 Å². The molecule has 0 bridgehead atoms. The second-order valence-corrected chi connectivity index (χ2v) is 8.21. The molecule has 0 aliphatic carbocycles. The van der Waals surface area contributed by atoms with Gasteiger partial charge in [-0.15, -0.1) is 0 Å². The van der Waals surface area contributed by atoms with E-state index in [0.717, 1.165) is 9.88 Å². The quantitative estimate of drug-likeness (QED) is 0.730. The van der Waals surface area contributed by atoms with E-state index in [1.807, 2.05) is 4.72 Å². The van der Waals surface area contributed by atoms with Crippen LogP contribution in [0.1, 0.15) is 21.5 Å². The van der Waals surface area contributed by atoms with Crippen LogP contribution in [-0.2, 0) is 10.0 Å². The molecular formula is C16H12BrCl2NO3S. The van der Waals surface area contributed by atoms with Crippen molar-refractivity contribution >= 4 is 61.1 Å². The minimum atomic E-state index is -3.94. The van der Waals surface area contributed by atoms with Crippen LogP contribution >= 0.6 is 39.1 Å². The fraction of sp³-hybridized carbons (Fsp3) is 0.0625. The van der Waals surface area contributed by atoms with Crippen LogP contribution in [0.4, 0.5) is 0 Å². The lowest BCUT2D eigenvalue weighted by molar-refractivity contribution is 0.0981. The highest BCUT2D eigenvalue weighted by Gasteiger charge is 2.15. The largest absolute Gasteiger partial charge is 0.268 e. The predicted molar refractivity (Wildman–Crippen MR) is 101 cm³/mol. The molecule has 0 saturated heterocycles. The van der Waals surface area contributed by atoms with Crippen molar-refractivity contribution in [2.45, 2.75) is 6.92 Å². The summed E-state index contributed by atoms with van der Waals surface area (Å²) in [6.45, 7) is 1.72. The average molecular weight is 449 g/mol. The van der Waals surface area contributed by atoms with Gasteiger partial charge in [0, 0.05) is 10.0 Å². The lowest BCUT2D eigenvalue weighted by Crippen LogP contribution is -2.29. The lowest BCUT2D eigenvalue weighted by atomic mass is 10.1. The summed E-state index contributed by atoms with van der Waals surface area (Å²) in [5, 5.41) is 1.58. The van der Waals surface area contributed by atoms with Crippen LogP contribution < -0.4 is 4.72 Å². The first kappa shape index (κ1) is 19.0. The molecule has 0 radical (unpaired) electrons. The summed E-state index contributed by atoms with van der Waals surface area (Å²) in [7, 11) is -3.94. The Balaban J connectivity index is 2.16. The van der Waals surface area contributed by atoms with Crippen LogP contribution in [0.3, 0.4) is 0 Å². The van der Waals surface area contributed by atoms with Crippen LogP contribution in [-0.4, -0.2) is 14.3 Å². The molecule has 24 heavy (non-hydrogen) atoms. The maximum Gasteiger partial charge on any atom is 0.265 e. The number of halogens is 3. The van der Waals surface area contributed by atoms with E-state index in [1.54, 1.807) is 37.3 Å². The smallest absolute Gasteiger partial charge is 0.265 e. The Labute approximate surface area is 158 Å². The van der Waals surface area contributed by atoms with Crippen LogP contribution in [0.15, 0.2) is 46.3 Å². The van der Waals surface area contributed by atoms with Gasteiger partial charge in [-0.3, -0.25) is 4.79 Å². The average Bonchev–Trinajstić information content (AvgIpc) is 2.48. The van der Waals surface area contributed by atoms with Crippen molar-refractivity contribution < 1.29 is 13.2 Å². The molecule has 0 fully saturated rings. The number of benzene rings is 2. The van der Waals surface area contributed by atoms with Gasteiger partial charge in [0.15, 0.2) is 0 Å². The highest BCUT2D eigenvalue weighted by atomic mass is 79.9. The maximum atomic E-state index is 12.1. The molecule has 8 heteroatoms. The molecule has 0 spiro atoms. The number of hydrogen-bond acceptors (Lipinski definition) is 3. The fourth-order valence-corrected chi connectivity index (χ4v) is 3.44. The van der Waals surface area contributed by atoms with Crippen molar-refractivity contribution in [2.75, 3.05) is 0 Å². The number of aryl methyl sites for hydroxylation is 1. The van der Waals surface area contributed by atoms with Crippen molar-refractivity contribution in [1.82, 2.24) is 4.72 Å². The van der Waals surface area contributed by atoms with E-state index in [0.29, 0.717) is 21.2 Å². The number of amides is 1. The molecule has 0 aromatic heterocycles. The summed E-state index contributed by atoms with van der Waals surface area (Å²) in [5.41, 5.74) is 1.48. The molecule has 126 valence electrons. The third-order valence-corrected chi connectivity index (χ3v) is 5.25. The van der Waals surface area contributed by atoms with E-state index >= 15 is 0 Å². The number of carbonyl (C=O) groups is 1. The molecule has 2 aromatic rings. The standard InChI is InChI=1S/C16H12BrCl2NO3S/c1-10-8-12(17)3-4-13(10)16(21)20-24(22,23)7-6-11-2-5-14(18)15(19)9-11/h2-9H,1H3,(H,20,21)/b7-6+. The van der Waals surface area contributed by atoms with Crippen LogP contribution in [0.5, 0.6) is 0 Å². The van der Waals surface area contributed by atoms with E-state index in [1.165, 1.54) is 12.1 Å². The number of hydrogen-bond donors (Lipinski definition) is 1. The van der Waals surface area contributed by atoms with Gasteiger partial charge in [-0.25, -0.2) is 13.1 Å². The van der Waals surface area contributed by atoms with Gasteiger partial charge in [-0.1, -0.05) is 45.2 Å². The van der Waals surface area contributed by atoms with Gasteiger partial charge in [-0.05, 0) is 54.5 Å². The zero-order valence-electron chi connectivity index (χ0n) is 12.4. The van der Waals surface area contributed by atoms with Gasteiger partial charge >= 0.3 is 0 Å². The first-order valence-corrected chi connectivity index (χ1v) is 9.74. The summed E-state index contributed by atoms with van der Waals surface area (Å²) >= 11 is 15.0. The Hall–Kier alpha value is -1.34. The Kier molecular flexibility index (Phi) is 6.09. The summed E-state index contributed by atoms with van der Waals surface area (Å²) in [4.78, 5) is 12.1. The molecule has 0 heterocycles. The Bertz CT molecular complexity index is 927. The van der Waals surface area contributed by atoms with Crippen molar-refractivity contribution in [3.63, 3.8) is 0 Å². The molecule has 0 unspecified atom stereocenters. The van der Waals surface area contributed by atoms with E-state index in [4.69, 9.17) is 23.2 Å². The summed E-state index contributed by atoms with van der Waals surface area (Å²) in [5.74, 6) is -0.696. The number of sulfonamides is 1. The lowest BCUT2D eigenvalue weighted by Gasteiger charge is -2.07. The first-order valence-electron chi connectivity index (χ1n) is 6.64. The molecular weight excluding hydrogens is 437 g/mol. The fourth-order valence-electron chi connectivity index (χ4n) is 1.88. The molecule has 2 rings (SSSR count). The number of nitrogens with one attached hydrogen (secondary N) is 1. The molecule has 0 saturated carbocycles. The molecule has 4 nitrogen and oxygen atoms in total. The third-order valence-electron chi connectivity index (χ3n) is 3.05. The first-order chi connectivity index (χ1) is 11.2. The summed E-state index contributed by atoms with van der Waals surface area (Å²) in [6, 6.07) is 9.64. The molecule has 1 amide bonds. The van der Waals surface area contributed by atoms with Crippen molar-refractivity contribution in [1.29, 1.82) is 0 Å². The predicted octanol–water partition coefficient (Wildman–Crippen LogP) is 4.79. The topological polar surface area (TPSA) is 63.2 Å². The summed E-state index contributed by atoms with van der Waals surface area (Å²) < 4.78 is 26.9. The number of rotatable bonds is 4. The Morgan fingerprint density at radius 2 is 1.83 bits per heavy atom. The SMILES string of the molecule is Cc1cc(Br)ccc1C(=O)NS(=O)(=O)/C=C/c1ccc(Cl)c(Cl)c1. The zero-order valence-corrected chi connectivity index (χ0v) is 16.3. The minimum Gasteiger partial charge on any atom is -0.268 e. The highest BCUT2D eigenvalue weighted by Crippen LogP contribution is 2.23. The highest BCUT2D eigenvalue weighted by molar-refractivity contribution is 9.10. The normalized spacial score (nSPS) is 11.7. The monoisotopic (exact) mass is 447 g/mol. The maximum absolute atomic E-state index is 12.1.